The molecule has 6 nitrogen and oxygen atoms in total. The highest BCUT2D eigenvalue weighted by molar-refractivity contribution is 5.97. The monoisotopic (exact) mass is 401 g/mol. The quantitative estimate of drug-likeness (QED) is 0.856. The molecule has 2 aromatic carbocycles. The molecule has 152 valence electrons. The van der Waals surface area contributed by atoms with Crippen molar-refractivity contribution < 1.29 is 23.1 Å². The van der Waals surface area contributed by atoms with E-state index in [0.717, 1.165) is 17.8 Å². The van der Waals surface area contributed by atoms with Gasteiger partial charge in [0.25, 0.3) is 5.91 Å². The van der Waals surface area contributed by atoms with Crippen molar-refractivity contribution in [3.8, 4) is 5.75 Å². The number of piperidine rings is 1. The van der Waals surface area contributed by atoms with Gasteiger partial charge in [-0.05, 0) is 36.4 Å². The fourth-order valence-electron chi connectivity index (χ4n) is 3.61. The van der Waals surface area contributed by atoms with E-state index in [2.05, 4.69) is 5.32 Å². The second-order valence-corrected chi connectivity index (χ2v) is 7.11. The number of halogens is 2. The Bertz CT molecular complexity index is 912. The largest absolute Gasteiger partial charge is 0.487 e. The van der Waals surface area contributed by atoms with Gasteiger partial charge in [-0.3, -0.25) is 9.69 Å². The van der Waals surface area contributed by atoms with Crippen molar-refractivity contribution in [3.05, 3.63) is 59.7 Å². The maximum atomic E-state index is 13.7. The van der Waals surface area contributed by atoms with Crippen LogP contribution in [0.2, 0.25) is 0 Å². The summed E-state index contributed by atoms with van der Waals surface area (Å²) >= 11 is 0. The molecule has 0 spiro atoms. The molecule has 2 fully saturated rings. The smallest absolute Gasteiger partial charge is 0.321 e. The van der Waals surface area contributed by atoms with E-state index in [1.54, 1.807) is 34.1 Å². The number of likely N-dealkylation sites (tertiary alicyclic amines) is 1. The minimum Gasteiger partial charge on any atom is -0.487 e. The minimum atomic E-state index is -0.727. The van der Waals surface area contributed by atoms with Gasteiger partial charge in [-0.15, -0.1) is 0 Å². The summed E-state index contributed by atoms with van der Waals surface area (Å²) in [6, 6.07) is 10.1. The lowest BCUT2D eigenvalue weighted by atomic mass is 10.1. The lowest BCUT2D eigenvalue weighted by Gasteiger charge is -2.32. The van der Waals surface area contributed by atoms with Gasteiger partial charge in [-0.2, -0.15) is 0 Å². The van der Waals surface area contributed by atoms with Gasteiger partial charge in [0.05, 0.1) is 0 Å². The summed E-state index contributed by atoms with van der Waals surface area (Å²) < 4.78 is 32.4. The van der Waals surface area contributed by atoms with Crippen molar-refractivity contribution in [2.24, 2.45) is 0 Å². The topological polar surface area (TPSA) is 61.9 Å². The normalized spacial score (nSPS) is 17.4. The van der Waals surface area contributed by atoms with Crippen LogP contribution in [0.1, 0.15) is 23.2 Å². The molecule has 0 aliphatic carbocycles. The van der Waals surface area contributed by atoms with E-state index in [9.17, 15) is 18.4 Å². The number of nitrogens with zero attached hydrogens (tertiary/aromatic N) is 2. The third kappa shape index (κ3) is 4.16. The van der Waals surface area contributed by atoms with Crippen LogP contribution in [0.15, 0.2) is 42.5 Å². The molecular weight excluding hydrogens is 380 g/mol. The predicted molar refractivity (Wildman–Crippen MR) is 103 cm³/mol. The first-order valence-corrected chi connectivity index (χ1v) is 9.57. The summed E-state index contributed by atoms with van der Waals surface area (Å²) in [5.41, 5.74) is 1.31. The fourth-order valence-corrected chi connectivity index (χ4v) is 3.61. The maximum absolute atomic E-state index is 13.7. The Kier molecular flexibility index (Phi) is 5.33. The first-order valence-electron chi connectivity index (χ1n) is 9.57. The molecule has 0 saturated carbocycles. The number of amides is 3. The van der Waals surface area contributed by atoms with Gasteiger partial charge in [0.1, 0.15) is 11.9 Å². The van der Waals surface area contributed by atoms with E-state index in [1.807, 2.05) is 0 Å². The van der Waals surface area contributed by atoms with Crippen LogP contribution in [0.5, 0.6) is 5.75 Å². The van der Waals surface area contributed by atoms with Crippen LogP contribution in [0.3, 0.4) is 0 Å². The Balaban J connectivity index is 1.33. The Morgan fingerprint density at radius 2 is 1.76 bits per heavy atom. The number of anilines is 1. The summed E-state index contributed by atoms with van der Waals surface area (Å²) in [5, 5.41) is 2.74. The molecule has 0 aromatic heterocycles. The average molecular weight is 401 g/mol. The van der Waals surface area contributed by atoms with E-state index in [1.165, 1.54) is 6.07 Å². The van der Waals surface area contributed by atoms with Crippen LogP contribution in [0.4, 0.5) is 19.3 Å². The van der Waals surface area contributed by atoms with Crippen molar-refractivity contribution in [1.29, 1.82) is 0 Å². The zero-order valence-electron chi connectivity index (χ0n) is 15.7. The second-order valence-electron chi connectivity index (χ2n) is 7.11. The first-order chi connectivity index (χ1) is 14.0. The molecule has 8 heteroatoms. The number of hydrogen-bond acceptors (Lipinski definition) is 3. The molecule has 0 atom stereocenters. The van der Waals surface area contributed by atoms with E-state index < -0.39 is 11.6 Å². The second kappa shape index (κ2) is 8.06. The van der Waals surface area contributed by atoms with Gasteiger partial charge in [0, 0.05) is 56.3 Å². The van der Waals surface area contributed by atoms with Crippen LogP contribution in [0.25, 0.3) is 0 Å². The number of urea groups is 1. The summed E-state index contributed by atoms with van der Waals surface area (Å²) in [4.78, 5) is 27.8. The van der Waals surface area contributed by atoms with Crippen molar-refractivity contribution in [1.82, 2.24) is 10.2 Å². The molecule has 2 aliphatic heterocycles. The van der Waals surface area contributed by atoms with Crippen LogP contribution < -0.4 is 15.0 Å². The number of rotatable bonds is 4. The van der Waals surface area contributed by atoms with E-state index >= 15 is 0 Å². The zero-order chi connectivity index (χ0) is 20.4. The lowest BCUT2D eigenvalue weighted by molar-refractivity contribution is 0.0588. The van der Waals surface area contributed by atoms with Crippen LogP contribution >= 0.6 is 0 Å². The fraction of sp³-hybridized carbons (Fsp3) is 0.333. The van der Waals surface area contributed by atoms with Gasteiger partial charge in [-0.25, -0.2) is 13.6 Å². The molecule has 2 heterocycles. The van der Waals surface area contributed by atoms with Gasteiger partial charge >= 0.3 is 6.03 Å². The van der Waals surface area contributed by atoms with Crippen molar-refractivity contribution in [2.75, 3.05) is 31.1 Å². The number of carbonyl (C=O) groups excluding carboxylic acids is 2. The van der Waals surface area contributed by atoms with Crippen LogP contribution in [-0.2, 0) is 0 Å². The number of ether oxygens (including phenoxy) is 1. The molecule has 2 saturated heterocycles. The van der Waals surface area contributed by atoms with Gasteiger partial charge in [-0.1, -0.05) is 0 Å². The number of carbonyl (C=O) groups is 2. The van der Waals surface area contributed by atoms with Gasteiger partial charge in [0.15, 0.2) is 11.6 Å². The molecule has 2 aliphatic rings. The third-order valence-corrected chi connectivity index (χ3v) is 5.20. The highest BCUT2D eigenvalue weighted by atomic mass is 19.1. The maximum Gasteiger partial charge on any atom is 0.321 e. The van der Waals surface area contributed by atoms with E-state index in [-0.39, 0.29) is 23.8 Å². The van der Waals surface area contributed by atoms with Gasteiger partial charge in [0.2, 0.25) is 0 Å². The minimum absolute atomic E-state index is 0.0257. The number of benzene rings is 2. The molecule has 0 bridgehead atoms. The van der Waals surface area contributed by atoms with Gasteiger partial charge < -0.3 is 15.0 Å². The van der Waals surface area contributed by atoms with E-state index in [0.29, 0.717) is 44.6 Å². The average Bonchev–Trinajstić information content (AvgIpc) is 3.16. The highest BCUT2D eigenvalue weighted by Crippen LogP contribution is 2.24. The third-order valence-electron chi connectivity index (χ3n) is 5.20. The predicted octanol–water partition coefficient (Wildman–Crippen LogP) is 3.18. The van der Waals surface area contributed by atoms with Crippen LogP contribution in [0, 0.1) is 11.6 Å². The summed E-state index contributed by atoms with van der Waals surface area (Å²) in [6.07, 6.45) is 0.901. The Morgan fingerprint density at radius 1 is 1.03 bits per heavy atom. The first kappa shape index (κ1) is 19.2. The zero-order valence-corrected chi connectivity index (χ0v) is 15.7. The number of hydrogen-bond donors (Lipinski definition) is 1. The molecule has 3 amide bonds. The molecule has 1 N–H and O–H groups in total. The SMILES string of the molecule is O=C(c1ccc(N2CCNC2=O)cc1)N1CCC(Oc2ccc(F)cc2F)CC1. The molecule has 29 heavy (non-hydrogen) atoms. The molecule has 4 rings (SSSR count). The van der Waals surface area contributed by atoms with E-state index in [4.69, 9.17) is 4.74 Å². The summed E-state index contributed by atoms with van der Waals surface area (Å²) in [5.74, 6) is -1.44. The molecule has 0 radical (unpaired) electrons. The lowest BCUT2D eigenvalue weighted by Crippen LogP contribution is -2.41. The molecule has 2 aromatic rings. The number of nitrogens with one attached hydrogen (secondary N) is 1. The van der Waals surface area contributed by atoms with Crippen molar-refractivity contribution in [3.63, 3.8) is 0 Å². The standard InChI is InChI=1S/C21H21F2N3O3/c22-15-3-6-19(18(23)13-15)29-17-7-10-25(11-8-17)20(27)14-1-4-16(5-2-14)26-12-9-24-21(26)28/h1-6,13,17H,7-12H2,(H,24,28). The van der Waals surface area contributed by atoms with Crippen LogP contribution in [-0.4, -0.2) is 49.1 Å². The Hall–Kier alpha value is -3.16. The van der Waals surface area contributed by atoms with Crippen molar-refractivity contribution in [2.45, 2.75) is 18.9 Å². The Labute approximate surface area is 167 Å². The molecular formula is C21H21F2N3O3. The summed E-state index contributed by atoms with van der Waals surface area (Å²) in [7, 11) is 0. The highest BCUT2D eigenvalue weighted by Gasteiger charge is 2.26. The van der Waals surface area contributed by atoms with Crippen molar-refractivity contribution >= 4 is 17.6 Å². The summed E-state index contributed by atoms with van der Waals surface area (Å²) in [6.45, 7) is 2.19. The molecule has 0 unspecified atom stereocenters. The Morgan fingerprint density at radius 3 is 2.38 bits per heavy atom.